The monoisotopic (exact) mass is 557 g/mol. The lowest BCUT2D eigenvalue weighted by Gasteiger charge is -2.09. The van der Waals surface area contributed by atoms with Gasteiger partial charge in [-0.25, -0.2) is 9.97 Å². The number of hydrogen-bond donors (Lipinski definition) is 2. The third kappa shape index (κ3) is 6.67. The summed E-state index contributed by atoms with van der Waals surface area (Å²) in [6.07, 6.45) is 4.09. The van der Waals surface area contributed by atoms with Gasteiger partial charge in [-0.15, -0.1) is 24.0 Å². The maximum Gasteiger partial charge on any atom is 0.226 e. The van der Waals surface area contributed by atoms with Gasteiger partial charge in [0.25, 0.3) is 0 Å². The van der Waals surface area contributed by atoms with Crippen molar-refractivity contribution >= 4 is 29.9 Å². The Morgan fingerprint density at radius 1 is 0.788 bits per heavy atom. The highest BCUT2D eigenvalue weighted by atomic mass is 127. The van der Waals surface area contributed by atoms with Crippen molar-refractivity contribution in [1.29, 1.82) is 0 Å². The number of rotatable bonds is 7. The number of halogens is 1. The molecule has 0 amide bonds. The molecule has 172 valence electrons. The number of aliphatic imine (C=N–C) groups is 1. The summed E-state index contributed by atoms with van der Waals surface area (Å²) >= 11 is 0. The standard InChI is InChI=1S/C25H27N5O2.HI/c1-17-4-8-19(9-5-17)23-29-21(15-31-23)12-13-27-25(26-3)28-14-22-16-32-24(30-22)20-10-6-18(2)7-11-20;/h4-11,15-16H,12-14H2,1-3H3,(H2,26,27,28);1H. The smallest absolute Gasteiger partial charge is 0.226 e. The molecule has 0 saturated carbocycles. The van der Waals surface area contributed by atoms with Gasteiger partial charge in [-0.1, -0.05) is 35.4 Å². The van der Waals surface area contributed by atoms with E-state index in [4.69, 9.17) is 8.83 Å². The van der Waals surface area contributed by atoms with Crippen molar-refractivity contribution in [2.45, 2.75) is 26.8 Å². The van der Waals surface area contributed by atoms with E-state index in [1.807, 2.05) is 36.4 Å². The largest absolute Gasteiger partial charge is 0.444 e. The Morgan fingerprint density at radius 3 is 1.85 bits per heavy atom. The first-order valence-corrected chi connectivity index (χ1v) is 10.6. The van der Waals surface area contributed by atoms with Crippen LogP contribution in [0.3, 0.4) is 0 Å². The number of aryl methyl sites for hydroxylation is 2. The zero-order valence-corrected chi connectivity index (χ0v) is 21.3. The summed E-state index contributed by atoms with van der Waals surface area (Å²) in [6.45, 7) is 5.30. The van der Waals surface area contributed by atoms with Crippen LogP contribution in [0.1, 0.15) is 22.5 Å². The molecule has 2 heterocycles. The van der Waals surface area contributed by atoms with E-state index >= 15 is 0 Å². The third-order valence-electron chi connectivity index (χ3n) is 5.03. The minimum atomic E-state index is 0. The minimum absolute atomic E-state index is 0. The molecule has 33 heavy (non-hydrogen) atoms. The topological polar surface area (TPSA) is 88.5 Å². The summed E-state index contributed by atoms with van der Waals surface area (Å²) in [4.78, 5) is 13.4. The summed E-state index contributed by atoms with van der Waals surface area (Å²) in [5, 5.41) is 6.54. The van der Waals surface area contributed by atoms with Gasteiger partial charge in [-0.2, -0.15) is 0 Å². The highest BCUT2D eigenvalue weighted by Gasteiger charge is 2.09. The van der Waals surface area contributed by atoms with Crippen molar-refractivity contribution in [2.24, 2.45) is 4.99 Å². The molecule has 0 fully saturated rings. The predicted molar refractivity (Wildman–Crippen MR) is 141 cm³/mol. The Balaban J connectivity index is 0.00000306. The van der Waals surface area contributed by atoms with Crippen molar-refractivity contribution < 1.29 is 8.83 Å². The Labute approximate surface area is 210 Å². The molecule has 0 unspecified atom stereocenters. The number of nitrogens with one attached hydrogen (secondary N) is 2. The van der Waals surface area contributed by atoms with E-state index < -0.39 is 0 Å². The van der Waals surface area contributed by atoms with Gasteiger partial charge in [0.05, 0.1) is 17.9 Å². The summed E-state index contributed by atoms with van der Waals surface area (Å²) in [6, 6.07) is 16.2. The van der Waals surface area contributed by atoms with Gasteiger partial charge in [0.1, 0.15) is 12.5 Å². The lowest BCUT2D eigenvalue weighted by molar-refractivity contribution is 0.571. The second kappa shape index (κ2) is 11.6. The molecule has 0 aliphatic carbocycles. The summed E-state index contributed by atoms with van der Waals surface area (Å²) in [5.74, 6) is 1.94. The SMILES string of the molecule is CN=C(NCCc1coc(-c2ccc(C)cc2)n1)NCc1coc(-c2ccc(C)cc2)n1.I. The molecule has 0 atom stereocenters. The van der Waals surface area contributed by atoms with E-state index in [2.05, 4.69) is 51.6 Å². The molecule has 0 aliphatic heterocycles. The molecule has 4 aromatic rings. The van der Waals surface area contributed by atoms with Gasteiger partial charge in [-0.3, -0.25) is 4.99 Å². The van der Waals surface area contributed by atoms with Gasteiger partial charge in [0.2, 0.25) is 11.8 Å². The Hall–Kier alpha value is -3.14. The number of oxazole rings is 2. The molecule has 0 bridgehead atoms. The van der Waals surface area contributed by atoms with E-state index in [0.717, 1.165) is 28.9 Å². The highest BCUT2D eigenvalue weighted by Crippen LogP contribution is 2.20. The van der Waals surface area contributed by atoms with Crippen molar-refractivity contribution in [3.8, 4) is 22.9 Å². The van der Waals surface area contributed by atoms with Crippen LogP contribution in [0.25, 0.3) is 22.9 Å². The van der Waals surface area contributed by atoms with E-state index in [0.29, 0.717) is 30.8 Å². The van der Waals surface area contributed by atoms with Crippen LogP contribution in [0.15, 0.2) is 74.9 Å². The van der Waals surface area contributed by atoms with Crippen molar-refractivity contribution in [1.82, 2.24) is 20.6 Å². The first-order valence-electron chi connectivity index (χ1n) is 10.6. The second-order valence-electron chi connectivity index (χ2n) is 7.62. The Morgan fingerprint density at radius 2 is 1.30 bits per heavy atom. The molecule has 0 radical (unpaired) electrons. The maximum absolute atomic E-state index is 5.62. The summed E-state index contributed by atoms with van der Waals surface area (Å²) in [7, 11) is 1.74. The average molecular weight is 557 g/mol. The molecule has 8 heteroatoms. The van der Waals surface area contributed by atoms with E-state index in [9.17, 15) is 0 Å². The van der Waals surface area contributed by atoms with Crippen LogP contribution in [0.4, 0.5) is 0 Å². The number of hydrogen-bond acceptors (Lipinski definition) is 5. The van der Waals surface area contributed by atoms with Gasteiger partial charge in [0, 0.05) is 31.1 Å². The van der Waals surface area contributed by atoms with E-state index in [1.165, 1.54) is 11.1 Å². The van der Waals surface area contributed by atoms with Gasteiger partial charge in [0.15, 0.2) is 5.96 Å². The van der Waals surface area contributed by atoms with Crippen LogP contribution in [0, 0.1) is 13.8 Å². The second-order valence-corrected chi connectivity index (χ2v) is 7.62. The number of aromatic nitrogens is 2. The van der Waals surface area contributed by atoms with Gasteiger partial charge < -0.3 is 19.5 Å². The van der Waals surface area contributed by atoms with Crippen LogP contribution in [-0.4, -0.2) is 29.5 Å². The fourth-order valence-electron chi connectivity index (χ4n) is 3.17. The van der Waals surface area contributed by atoms with Crippen LogP contribution >= 0.6 is 24.0 Å². The summed E-state index contributed by atoms with van der Waals surface area (Å²) in [5.41, 5.74) is 6.05. The molecule has 2 aromatic carbocycles. The van der Waals surface area contributed by atoms with Crippen molar-refractivity contribution in [3.63, 3.8) is 0 Å². The number of nitrogens with zero attached hydrogens (tertiary/aromatic N) is 3. The van der Waals surface area contributed by atoms with Crippen LogP contribution in [0.2, 0.25) is 0 Å². The lowest BCUT2D eigenvalue weighted by Crippen LogP contribution is -2.37. The molecule has 0 spiro atoms. The fourth-order valence-corrected chi connectivity index (χ4v) is 3.17. The normalized spacial score (nSPS) is 11.2. The highest BCUT2D eigenvalue weighted by molar-refractivity contribution is 14.0. The first kappa shape index (κ1) is 24.5. The van der Waals surface area contributed by atoms with E-state index in [-0.39, 0.29) is 24.0 Å². The number of guanidine groups is 1. The molecule has 0 aliphatic rings. The minimum Gasteiger partial charge on any atom is -0.444 e. The van der Waals surface area contributed by atoms with Crippen molar-refractivity contribution in [2.75, 3.05) is 13.6 Å². The number of benzene rings is 2. The molecule has 2 aromatic heterocycles. The predicted octanol–water partition coefficient (Wildman–Crippen LogP) is 5.14. The molecular formula is C25H28IN5O2. The quantitative estimate of drug-likeness (QED) is 0.186. The van der Waals surface area contributed by atoms with E-state index in [1.54, 1.807) is 19.6 Å². The van der Waals surface area contributed by atoms with Crippen LogP contribution < -0.4 is 10.6 Å². The average Bonchev–Trinajstić information content (AvgIpc) is 3.47. The van der Waals surface area contributed by atoms with Crippen molar-refractivity contribution in [3.05, 3.63) is 83.6 Å². The third-order valence-corrected chi connectivity index (χ3v) is 5.03. The fraction of sp³-hybridized carbons (Fsp3) is 0.240. The molecule has 0 saturated heterocycles. The zero-order valence-electron chi connectivity index (χ0n) is 19.0. The van der Waals surface area contributed by atoms with Crippen LogP contribution in [0.5, 0.6) is 0 Å². The molecule has 4 rings (SSSR count). The molecule has 7 nitrogen and oxygen atoms in total. The first-order chi connectivity index (χ1) is 15.6. The molecule has 2 N–H and O–H groups in total. The lowest BCUT2D eigenvalue weighted by atomic mass is 10.1. The Kier molecular flexibility index (Phi) is 8.65. The van der Waals surface area contributed by atoms with Gasteiger partial charge >= 0.3 is 0 Å². The summed E-state index contributed by atoms with van der Waals surface area (Å²) < 4.78 is 11.2. The van der Waals surface area contributed by atoms with Gasteiger partial charge in [-0.05, 0) is 38.1 Å². The Bertz CT molecular complexity index is 1180. The zero-order chi connectivity index (χ0) is 22.3. The molecular weight excluding hydrogens is 529 g/mol. The van der Waals surface area contributed by atoms with Crippen LogP contribution in [-0.2, 0) is 13.0 Å². The maximum atomic E-state index is 5.62.